The monoisotopic (exact) mass is 340 g/mol. The number of carbonyl (C=O) groups excluding carboxylic acids is 1. The zero-order chi connectivity index (χ0) is 18.2. The van der Waals surface area contributed by atoms with E-state index in [2.05, 4.69) is 5.32 Å². The number of hydrogen-bond donors (Lipinski definition) is 2. The normalized spacial score (nSPS) is 11.1. The smallest absolute Gasteiger partial charge is 0.246 e. The Balaban J connectivity index is 2.03. The molecule has 2 rings (SSSR count). The molecule has 0 aliphatic heterocycles. The van der Waals surface area contributed by atoms with Crippen molar-refractivity contribution in [1.29, 1.82) is 0 Å². The third-order valence-electron chi connectivity index (χ3n) is 3.86. The van der Waals surface area contributed by atoms with Gasteiger partial charge in [0.2, 0.25) is 5.91 Å². The molecule has 0 fully saturated rings. The quantitative estimate of drug-likeness (QED) is 0.600. The first-order chi connectivity index (χ1) is 12.0. The van der Waals surface area contributed by atoms with E-state index >= 15 is 0 Å². The van der Waals surface area contributed by atoms with Gasteiger partial charge in [-0.3, -0.25) is 4.79 Å². The van der Waals surface area contributed by atoms with Gasteiger partial charge in [-0.1, -0.05) is 30.3 Å². The first-order valence-corrected chi connectivity index (χ1v) is 8.07. The van der Waals surface area contributed by atoms with Crippen LogP contribution >= 0.6 is 0 Å². The summed E-state index contributed by atoms with van der Waals surface area (Å²) in [5.74, 6) is 1.01. The van der Waals surface area contributed by atoms with Gasteiger partial charge in [0.15, 0.2) is 11.5 Å². The number of nitrogen functional groups attached to an aromatic ring is 1. The van der Waals surface area contributed by atoms with Crippen molar-refractivity contribution >= 4 is 17.7 Å². The molecular formula is C20H24N2O3. The number of anilines is 1. The lowest BCUT2D eigenvalue weighted by Gasteiger charge is -2.11. The van der Waals surface area contributed by atoms with Crippen LogP contribution < -0.4 is 20.5 Å². The van der Waals surface area contributed by atoms with Gasteiger partial charge in [-0.25, -0.2) is 0 Å². The van der Waals surface area contributed by atoms with Crippen LogP contribution in [0.5, 0.6) is 11.5 Å². The number of methoxy groups -OCH3 is 2. The number of benzene rings is 2. The second-order valence-electron chi connectivity index (χ2n) is 5.65. The summed E-state index contributed by atoms with van der Waals surface area (Å²) < 4.78 is 10.5. The maximum absolute atomic E-state index is 12.3. The number of hydrogen-bond acceptors (Lipinski definition) is 4. The van der Waals surface area contributed by atoms with Gasteiger partial charge in [-0.15, -0.1) is 0 Å². The predicted octanol–water partition coefficient (Wildman–Crippen LogP) is 3.05. The van der Waals surface area contributed by atoms with Crippen molar-refractivity contribution in [2.24, 2.45) is 0 Å². The minimum absolute atomic E-state index is 0.120. The van der Waals surface area contributed by atoms with E-state index in [1.165, 1.54) is 5.56 Å². The van der Waals surface area contributed by atoms with Crippen molar-refractivity contribution in [2.75, 3.05) is 26.5 Å². The summed E-state index contributed by atoms with van der Waals surface area (Å²) in [5, 5.41) is 2.92. The van der Waals surface area contributed by atoms with Gasteiger partial charge in [0.25, 0.3) is 0 Å². The zero-order valence-electron chi connectivity index (χ0n) is 14.8. The van der Waals surface area contributed by atoms with Crippen LogP contribution in [-0.2, 0) is 11.2 Å². The Morgan fingerprint density at radius 2 is 1.76 bits per heavy atom. The molecule has 2 aromatic rings. The van der Waals surface area contributed by atoms with Crippen molar-refractivity contribution in [3.05, 3.63) is 59.2 Å². The fourth-order valence-corrected chi connectivity index (χ4v) is 2.44. The first kappa shape index (κ1) is 18.4. The molecule has 2 aromatic carbocycles. The van der Waals surface area contributed by atoms with E-state index in [9.17, 15) is 4.79 Å². The minimum atomic E-state index is -0.120. The maximum atomic E-state index is 12.3. The van der Waals surface area contributed by atoms with E-state index in [1.807, 2.05) is 30.3 Å². The van der Waals surface area contributed by atoms with Crippen molar-refractivity contribution in [3.8, 4) is 11.5 Å². The Morgan fingerprint density at radius 3 is 2.40 bits per heavy atom. The molecule has 3 N–H and O–H groups in total. The summed E-state index contributed by atoms with van der Waals surface area (Å²) in [6.45, 7) is 2.34. The van der Waals surface area contributed by atoms with E-state index in [1.54, 1.807) is 39.4 Å². The van der Waals surface area contributed by atoms with E-state index < -0.39 is 0 Å². The molecule has 0 radical (unpaired) electrons. The molecule has 0 saturated heterocycles. The highest BCUT2D eigenvalue weighted by molar-refractivity contribution is 5.98. The molecule has 0 bridgehead atoms. The van der Waals surface area contributed by atoms with Crippen LogP contribution in [0.1, 0.15) is 18.1 Å². The lowest BCUT2D eigenvalue weighted by molar-refractivity contribution is -0.117. The molecule has 0 unspecified atom stereocenters. The summed E-state index contributed by atoms with van der Waals surface area (Å²) in [6, 6.07) is 13.5. The number of amides is 1. The third kappa shape index (κ3) is 5.01. The average Bonchev–Trinajstić information content (AvgIpc) is 2.63. The number of nitrogens with one attached hydrogen (secondary N) is 1. The van der Waals surface area contributed by atoms with Crippen molar-refractivity contribution in [3.63, 3.8) is 0 Å². The molecule has 0 atom stereocenters. The molecule has 1 amide bonds. The Morgan fingerprint density at radius 1 is 1.12 bits per heavy atom. The predicted molar refractivity (Wildman–Crippen MR) is 101 cm³/mol. The SMILES string of the molecule is COc1cc(N)c(C=C(C)C(=O)NCCc2ccccc2)cc1OC. The van der Waals surface area contributed by atoms with Crippen LogP contribution in [0.3, 0.4) is 0 Å². The highest BCUT2D eigenvalue weighted by Gasteiger charge is 2.10. The molecule has 132 valence electrons. The fourth-order valence-electron chi connectivity index (χ4n) is 2.44. The number of carbonyl (C=O) groups is 1. The number of nitrogens with two attached hydrogens (primary N) is 1. The van der Waals surface area contributed by atoms with Crippen molar-refractivity contribution in [2.45, 2.75) is 13.3 Å². The standard InChI is InChI=1S/C20H24N2O3/c1-14(20(23)22-10-9-15-7-5-4-6-8-15)11-16-12-18(24-2)19(25-3)13-17(16)21/h4-8,11-13H,9-10,21H2,1-3H3,(H,22,23). The highest BCUT2D eigenvalue weighted by Crippen LogP contribution is 2.32. The van der Waals surface area contributed by atoms with Crippen LogP contribution in [0.25, 0.3) is 6.08 Å². The molecule has 0 saturated carbocycles. The largest absolute Gasteiger partial charge is 0.493 e. The lowest BCUT2D eigenvalue weighted by atomic mass is 10.1. The van der Waals surface area contributed by atoms with Gasteiger partial charge < -0.3 is 20.5 Å². The van der Waals surface area contributed by atoms with Crippen LogP contribution in [0.2, 0.25) is 0 Å². The third-order valence-corrected chi connectivity index (χ3v) is 3.86. The molecule has 0 aliphatic carbocycles. The van der Waals surface area contributed by atoms with Crippen molar-refractivity contribution < 1.29 is 14.3 Å². The highest BCUT2D eigenvalue weighted by atomic mass is 16.5. The van der Waals surface area contributed by atoms with E-state index in [0.717, 1.165) is 6.42 Å². The molecule has 0 heterocycles. The topological polar surface area (TPSA) is 73.6 Å². The minimum Gasteiger partial charge on any atom is -0.493 e. The van der Waals surface area contributed by atoms with Crippen LogP contribution in [0.15, 0.2) is 48.0 Å². The molecule has 25 heavy (non-hydrogen) atoms. The summed E-state index contributed by atoms with van der Waals surface area (Å²) in [6.07, 6.45) is 2.54. The molecule has 5 nitrogen and oxygen atoms in total. The van der Waals surface area contributed by atoms with Gasteiger partial charge in [-0.2, -0.15) is 0 Å². The fraction of sp³-hybridized carbons (Fsp3) is 0.250. The van der Waals surface area contributed by atoms with E-state index in [-0.39, 0.29) is 5.91 Å². The molecule has 0 aromatic heterocycles. The van der Waals surface area contributed by atoms with Gasteiger partial charge in [0.1, 0.15) is 0 Å². The maximum Gasteiger partial charge on any atom is 0.246 e. The summed E-state index contributed by atoms with van der Waals surface area (Å²) in [5.41, 5.74) is 9.04. The zero-order valence-corrected chi connectivity index (χ0v) is 14.8. The van der Waals surface area contributed by atoms with Gasteiger partial charge >= 0.3 is 0 Å². The van der Waals surface area contributed by atoms with Crippen molar-refractivity contribution in [1.82, 2.24) is 5.32 Å². The number of ether oxygens (including phenoxy) is 2. The molecule has 0 spiro atoms. The molecule has 5 heteroatoms. The van der Waals surface area contributed by atoms with Crippen LogP contribution in [0.4, 0.5) is 5.69 Å². The second kappa shape index (κ2) is 8.78. The van der Waals surface area contributed by atoms with Crippen LogP contribution in [0, 0.1) is 0 Å². The van der Waals surface area contributed by atoms with E-state index in [0.29, 0.717) is 34.9 Å². The summed E-state index contributed by atoms with van der Waals surface area (Å²) in [4.78, 5) is 12.3. The van der Waals surface area contributed by atoms with Gasteiger partial charge in [0.05, 0.1) is 14.2 Å². The first-order valence-electron chi connectivity index (χ1n) is 8.07. The van der Waals surface area contributed by atoms with Gasteiger partial charge in [-0.05, 0) is 31.1 Å². The van der Waals surface area contributed by atoms with Gasteiger partial charge in [0, 0.05) is 29.4 Å². The Bertz CT molecular complexity index is 755. The lowest BCUT2D eigenvalue weighted by Crippen LogP contribution is -2.26. The summed E-state index contributed by atoms with van der Waals surface area (Å²) >= 11 is 0. The molecule has 0 aliphatic rings. The Kier molecular flexibility index (Phi) is 6.46. The Hall–Kier alpha value is -2.95. The van der Waals surface area contributed by atoms with Crippen LogP contribution in [-0.4, -0.2) is 26.7 Å². The average molecular weight is 340 g/mol. The molecular weight excluding hydrogens is 316 g/mol. The number of rotatable bonds is 7. The van der Waals surface area contributed by atoms with E-state index in [4.69, 9.17) is 15.2 Å². The Labute approximate surface area is 148 Å². The second-order valence-corrected chi connectivity index (χ2v) is 5.65. The summed E-state index contributed by atoms with van der Waals surface area (Å²) in [7, 11) is 3.11.